The Balaban J connectivity index is 1.67. The van der Waals surface area contributed by atoms with Gasteiger partial charge in [0.25, 0.3) is 5.89 Å². The molecule has 1 aliphatic heterocycles. The van der Waals surface area contributed by atoms with E-state index in [2.05, 4.69) is 10.1 Å². The van der Waals surface area contributed by atoms with E-state index in [1.807, 2.05) is 0 Å². The van der Waals surface area contributed by atoms with Crippen molar-refractivity contribution in [1.29, 1.82) is 0 Å². The molecule has 7 heteroatoms. The third kappa shape index (κ3) is 2.94. The summed E-state index contributed by atoms with van der Waals surface area (Å²) in [6.45, 7) is 5.53. The van der Waals surface area contributed by atoms with Gasteiger partial charge in [-0.2, -0.15) is 4.98 Å². The molecule has 1 saturated heterocycles. The number of hydrogen-bond acceptors (Lipinski definition) is 5. The van der Waals surface area contributed by atoms with E-state index in [1.54, 1.807) is 20.8 Å². The van der Waals surface area contributed by atoms with Crippen LogP contribution in [0.25, 0.3) is 0 Å². The van der Waals surface area contributed by atoms with Gasteiger partial charge in [0.15, 0.2) is 5.82 Å². The van der Waals surface area contributed by atoms with Crippen LogP contribution in [0.3, 0.4) is 0 Å². The summed E-state index contributed by atoms with van der Waals surface area (Å²) in [7, 11) is 0. The molecule has 2 heterocycles. The summed E-state index contributed by atoms with van der Waals surface area (Å²) in [5, 5.41) is 3.90. The van der Waals surface area contributed by atoms with Crippen LogP contribution in [0.4, 0.5) is 9.18 Å². The van der Waals surface area contributed by atoms with Crippen molar-refractivity contribution < 1.29 is 18.4 Å². The molecule has 0 N–H and O–H groups in total. The average molecular weight is 311 g/mol. The van der Waals surface area contributed by atoms with E-state index in [4.69, 9.17) is 9.26 Å². The van der Waals surface area contributed by atoms with Crippen molar-refractivity contribution in [3.05, 3.63) is 11.7 Å². The van der Waals surface area contributed by atoms with Gasteiger partial charge >= 0.3 is 6.09 Å². The van der Waals surface area contributed by atoms with Crippen LogP contribution in [-0.4, -0.2) is 39.8 Å². The van der Waals surface area contributed by atoms with Gasteiger partial charge in [0, 0.05) is 18.9 Å². The van der Waals surface area contributed by atoms with Gasteiger partial charge in [0.2, 0.25) is 5.67 Å². The Hall–Kier alpha value is -1.66. The Bertz CT molecular complexity index is 565. The highest BCUT2D eigenvalue weighted by molar-refractivity contribution is 5.68. The molecule has 0 bridgehead atoms. The van der Waals surface area contributed by atoms with Crippen LogP contribution in [0, 0.1) is 0 Å². The molecule has 3 rings (SSSR count). The summed E-state index contributed by atoms with van der Waals surface area (Å²) in [5.41, 5.74) is -2.37. The molecule has 1 aliphatic carbocycles. The van der Waals surface area contributed by atoms with Crippen LogP contribution in [-0.2, 0) is 10.4 Å². The van der Waals surface area contributed by atoms with Crippen LogP contribution >= 0.6 is 0 Å². The Morgan fingerprint density at radius 2 is 2.18 bits per heavy atom. The third-order valence-electron chi connectivity index (χ3n) is 4.17. The first-order chi connectivity index (χ1) is 10.3. The molecule has 1 saturated carbocycles. The molecule has 1 unspecified atom stereocenters. The SMILES string of the molecule is CC(C)(C)OC(=O)N1CCC(F)(c2nc(C3CCC3)no2)C1. The number of alkyl halides is 1. The molecule has 2 aliphatic rings. The highest BCUT2D eigenvalue weighted by Gasteiger charge is 2.47. The highest BCUT2D eigenvalue weighted by atomic mass is 19.1. The second-order valence-electron chi connectivity index (χ2n) is 7.20. The monoisotopic (exact) mass is 311 g/mol. The number of nitrogens with zero attached hydrogens (tertiary/aromatic N) is 3. The van der Waals surface area contributed by atoms with Crippen molar-refractivity contribution >= 4 is 6.09 Å². The van der Waals surface area contributed by atoms with Crippen LogP contribution in [0.1, 0.15) is 64.1 Å². The molecule has 1 aromatic heterocycles. The van der Waals surface area contributed by atoms with E-state index in [1.165, 1.54) is 4.90 Å². The van der Waals surface area contributed by atoms with Gasteiger partial charge in [-0.05, 0) is 33.6 Å². The minimum Gasteiger partial charge on any atom is -0.444 e. The van der Waals surface area contributed by atoms with Crippen molar-refractivity contribution in [3.63, 3.8) is 0 Å². The van der Waals surface area contributed by atoms with Gasteiger partial charge in [-0.3, -0.25) is 0 Å². The number of amides is 1. The third-order valence-corrected chi connectivity index (χ3v) is 4.17. The number of aromatic nitrogens is 2. The van der Waals surface area contributed by atoms with E-state index in [0.717, 1.165) is 19.3 Å². The molecule has 2 fully saturated rings. The molecule has 0 radical (unpaired) electrons. The number of carbonyl (C=O) groups is 1. The van der Waals surface area contributed by atoms with Gasteiger partial charge in [-0.15, -0.1) is 0 Å². The second-order valence-corrected chi connectivity index (χ2v) is 7.20. The quantitative estimate of drug-likeness (QED) is 0.839. The zero-order valence-electron chi connectivity index (χ0n) is 13.3. The van der Waals surface area contributed by atoms with E-state index in [9.17, 15) is 4.79 Å². The maximum absolute atomic E-state index is 15.0. The van der Waals surface area contributed by atoms with E-state index in [0.29, 0.717) is 11.7 Å². The minimum atomic E-state index is -1.77. The van der Waals surface area contributed by atoms with Crippen molar-refractivity contribution in [2.75, 3.05) is 13.1 Å². The first-order valence-electron chi connectivity index (χ1n) is 7.78. The lowest BCUT2D eigenvalue weighted by molar-refractivity contribution is 0.0240. The summed E-state index contributed by atoms with van der Waals surface area (Å²) < 4.78 is 25.4. The lowest BCUT2D eigenvalue weighted by Gasteiger charge is -2.24. The molecule has 1 atom stereocenters. The van der Waals surface area contributed by atoms with E-state index >= 15 is 4.39 Å². The molecule has 122 valence electrons. The van der Waals surface area contributed by atoms with Gasteiger partial charge in [0.05, 0.1) is 6.54 Å². The number of halogens is 1. The summed E-state index contributed by atoms with van der Waals surface area (Å²) in [6.07, 6.45) is 2.86. The Kier molecular flexibility index (Phi) is 3.61. The van der Waals surface area contributed by atoms with Gasteiger partial charge in [-0.1, -0.05) is 11.6 Å². The lowest BCUT2D eigenvalue weighted by Crippen LogP contribution is -2.37. The zero-order valence-corrected chi connectivity index (χ0v) is 13.3. The topological polar surface area (TPSA) is 68.5 Å². The van der Waals surface area contributed by atoms with Gasteiger partial charge in [-0.25, -0.2) is 9.18 Å². The Labute approximate surface area is 129 Å². The fourth-order valence-electron chi connectivity index (χ4n) is 2.68. The summed E-state index contributed by atoms with van der Waals surface area (Å²) in [6, 6.07) is 0. The predicted molar refractivity (Wildman–Crippen MR) is 76.1 cm³/mol. The minimum absolute atomic E-state index is 0.0135. The summed E-state index contributed by atoms with van der Waals surface area (Å²) in [5.74, 6) is 0.874. The Morgan fingerprint density at radius 1 is 1.45 bits per heavy atom. The number of carbonyl (C=O) groups excluding carboxylic acids is 1. The summed E-state index contributed by atoms with van der Waals surface area (Å²) >= 11 is 0. The van der Waals surface area contributed by atoms with E-state index in [-0.39, 0.29) is 25.4 Å². The second kappa shape index (κ2) is 5.21. The first-order valence-corrected chi connectivity index (χ1v) is 7.78. The van der Waals surface area contributed by atoms with Crippen molar-refractivity contribution in [2.24, 2.45) is 0 Å². The fourth-order valence-corrected chi connectivity index (χ4v) is 2.68. The van der Waals surface area contributed by atoms with E-state index < -0.39 is 17.4 Å². The molecular weight excluding hydrogens is 289 g/mol. The number of hydrogen-bond donors (Lipinski definition) is 0. The molecule has 22 heavy (non-hydrogen) atoms. The molecule has 0 aromatic carbocycles. The van der Waals surface area contributed by atoms with Crippen LogP contribution in [0.5, 0.6) is 0 Å². The standard InChI is InChI=1S/C15H22FN3O3/c1-14(2,3)21-13(20)19-8-7-15(16,9-19)12-17-11(18-22-12)10-5-4-6-10/h10H,4-9H2,1-3H3. The van der Waals surface area contributed by atoms with Gasteiger partial charge < -0.3 is 14.2 Å². The smallest absolute Gasteiger partial charge is 0.410 e. The van der Waals surface area contributed by atoms with Crippen molar-refractivity contribution in [2.45, 2.75) is 63.6 Å². The maximum Gasteiger partial charge on any atom is 0.410 e. The molecule has 0 spiro atoms. The van der Waals surface area contributed by atoms with Crippen LogP contribution < -0.4 is 0 Å². The molecule has 6 nitrogen and oxygen atoms in total. The summed E-state index contributed by atoms with van der Waals surface area (Å²) in [4.78, 5) is 17.6. The normalized spacial score (nSPS) is 26.1. The number of likely N-dealkylation sites (tertiary alicyclic amines) is 1. The predicted octanol–water partition coefficient (Wildman–Crippen LogP) is 3.14. The highest BCUT2D eigenvalue weighted by Crippen LogP contribution is 2.39. The van der Waals surface area contributed by atoms with Gasteiger partial charge in [0.1, 0.15) is 5.60 Å². The van der Waals surface area contributed by atoms with Crippen LogP contribution in [0.2, 0.25) is 0 Å². The molecule has 1 amide bonds. The average Bonchev–Trinajstić information content (AvgIpc) is 2.93. The van der Waals surface area contributed by atoms with Crippen molar-refractivity contribution in [3.8, 4) is 0 Å². The maximum atomic E-state index is 15.0. The van der Waals surface area contributed by atoms with Crippen molar-refractivity contribution in [1.82, 2.24) is 15.0 Å². The fraction of sp³-hybridized carbons (Fsp3) is 0.800. The number of ether oxygens (including phenoxy) is 1. The largest absolute Gasteiger partial charge is 0.444 e. The Morgan fingerprint density at radius 3 is 2.77 bits per heavy atom. The lowest BCUT2D eigenvalue weighted by atomic mass is 9.85. The molecular formula is C15H22FN3O3. The zero-order chi connectivity index (χ0) is 16.0. The first kappa shape index (κ1) is 15.2. The number of rotatable bonds is 2. The van der Waals surface area contributed by atoms with Crippen LogP contribution in [0.15, 0.2) is 4.52 Å². The molecule has 1 aromatic rings.